The van der Waals surface area contributed by atoms with Gasteiger partial charge in [-0.15, -0.1) is 11.3 Å². The molecule has 2 aliphatic rings. The fraction of sp³-hybridized carbons (Fsp3) is 0.381. The highest BCUT2D eigenvalue weighted by Crippen LogP contribution is 2.38. The number of nitrogens with one attached hydrogen (secondary N) is 2. The van der Waals surface area contributed by atoms with Gasteiger partial charge in [0.1, 0.15) is 12.1 Å². The number of aryl methyl sites for hydroxylation is 1. The number of fused-ring (bicyclic) bond motifs is 2. The van der Waals surface area contributed by atoms with Gasteiger partial charge in [-0.2, -0.15) is 0 Å². The molecule has 1 atom stereocenters. The van der Waals surface area contributed by atoms with E-state index in [0.717, 1.165) is 41.7 Å². The number of thiophene rings is 1. The maximum atomic E-state index is 13.3. The number of carbonyl (C=O) groups is 3. The molecule has 1 aliphatic carbocycles. The lowest BCUT2D eigenvalue weighted by Crippen LogP contribution is -2.45. The smallest absolute Gasteiger partial charge is 0.325 e. The SMILES string of the molecule is O=C(CN1C(=O)N[C@]2(CCCCc3ccccc32)C1=O)NCCc1cccs1. The van der Waals surface area contributed by atoms with Crippen molar-refractivity contribution in [1.29, 1.82) is 0 Å². The predicted octanol–water partition coefficient (Wildman–Crippen LogP) is 2.58. The minimum atomic E-state index is -1.04. The summed E-state index contributed by atoms with van der Waals surface area (Å²) >= 11 is 1.64. The first-order chi connectivity index (χ1) is 13.6. The molecule has 4 amide bonds. The minimum absolute atomic E-state index is 0.251. The third-order valence-corrected chi connectivity index (χ3v) is 6.41. The highest BCUT2D eigenvalue weighted by molar-refractivity contribution is 7.09. The van der Waals surface area contributed by atoms with Gasteiger partial charge in [0.05, 0.1) is 0 Å². The Morgan fingerprint density at radius 1 is 1.18 bits per heavy atom. The second kappa shape index (κ2) is 7.75. The Morgan fingerprint density at radius 2 is 2.04 bits per heavy atom. The Labute approximate surface area is 167 Å². The van der Waals surface area contributed by atoms with Crippen molar-refractivity contribution in [2.45, 2.75) is 37.6 Å². The van der Waals surface area contributed by atoms with Crippen LogP contribution in [0.4, 0.5) is 4.79 Å². The second-order valence-electron chi connectivity index (χ2n) is 7.27. The van der Waals surface area contributed by atoms with Crippen molar-refractivity contribution in [3.05, 3.63) is 57.8 Å². The first-order valence-electron chi connectivity index (χ1n) is 9.62. The maximum absolute atomic E-state index is 13.3. The van der Waals surface area contributed by atoms with Crippen LogP contribution in [0.2, 0.25) is 0 Å². The number of urea groups is 1. The molecule has 0 saturated carbocycles. The average molecular weight is 398 g/mol. The highest BCUT2D eigenvalue weighted by atomic mass is 32.1. The maximum Gasteiger partial charge on any atom is 0.325 e. The van der Waals surface area contributed by atoms with E-state index in [-0.39, 0.29) is 18.4 Å². The van der Waals surface area contributed by atoms with E-state index in [4.69, 9.17) is 0 Å². The summed E-state index contributed by atoms with van der Waals surface area (Å²) < 4.78 is 0. The Bertz CT molecular complexity index is 896. The van der Waals surface area contributed by atoms with Crippen LogP contribution in [0.3, 0.4) is 0 Å². The number of nitrogens with zero attached hydrogens (tertiary/aromatic N) is 1. The summed E-state index contributed by atoms with van der Waals surface area (Å²) in [5, 5.41) is 7.71. The average Bonchev–Trinajstić information content (AvgIpc) is 3.23. The van der Waals surface area contributed by atoms with E-state index in [9.17, 15) is 14.4 Å². The van der Waals surface area contributed by atoms with Crippen LogP contribution in [-0.4, -0.2) is 35.8 Å². The molecule has 28 heavy (non-hydrogen) atoms. The van der Waals surface area contributed by atoms with Crippen molar-refractivity contribution in [3.63, 3.8) is 0 Å². The lowest BCUT2D eigenvalue weighted by molar-refractivity contribution is -0.135. The molecular weight excluding hydrogens is 374 g/mol. The van der Waals surface area contributed by atoms with Gasteiger partial charge < -0.3 is 10.6 Å². The second-order valence-corrected chi connectivity index (χ2v) is 8.30. The van der Waals surface area contributed by atoms with E-state index < -0.39 is 11.6 Å². The molecule has 2 N–H and O–H groups in total. The summed E-state index contributed by atoms with van der Waals surface area (Å²) in [6.45, 7) is 0.232. The summed E-state index contributed by atoms with van der Waals surface area (Å²) in [6, 6.07) is 11.3. The summed E-state index contributed by atoms with van der Waals surface area (Å²) in [4.78, 5) is 40.4. The summed E-state index contributed by atoms with van der Waals surface area (Å²) in [5.41, 5.74) is 0.920. The summed E-state index contributed by atoms with van der Waals surface area (Å²) in [5.74, 6) is -0.640. The Hall–Kier alpha value is -2.67. The van der Waals surface area contributed by atoms with Crippen molar-refractivity contribution >= 4 is 29.2 Å². The van der Waals surface area contributed by atoms with Crippen LogP contribution in [-0.2, 0) is 28.0 Å². The third-order valence-electron chi connectivity index (χ3n) is 5.48. The number of rotatable bonds is 5. The van der Waals surface area contributed by atoms with Crippen molar-refractivity contribution in [2.24, 2.45) is 0 Å². The fourth-order valence-electron chi connectivity index (χ4n) is 4.10. The molecule has 1 spiro atoms. The van der Waals surface area contributed by atoms with Crippen LogP contribution in [0.15, 0.2) is 41.8 Å². The van der Waals surface area contributed by atoms with Gasteiger partial charge in [0.2, 0.25) is 5.91 Å². The Kier molecular flexibility index (Phi) is 5.17. The predicted molar refractivity (Wildman–Crippen MR) is 107 cm³/mol. The molecule has 4 rings (SSSR count). The molecule has 0 unspecified atom stereocenters. The van der Waals surface area contributed by atoms with Gasteiger partial charge in [0, 0.05) is 11.4 Å². The molecule has 2 heterocycles. The molecule has 1 aromatic heterocycles. The molecule has 1 fully saturated rings. The molecule has 0 radical (unpaired) electrons. The highest BCUT2D eigenvalue weighted by Gasteiger charge is 2.53. The zero-order chi connectivity index (χ0) is 19.6. The van der Waals surface area contributed by atoms with E-state index in [1.807, 2.05) is 41.8 Å². The van der Waals surface area contributed by atoms with Gasteiger partial charge in [-0.1, -0.05) is 30.3 Å². The van der Waals surface area contributed by atoms with Gasteiger partial charge in [-0.05, 0) is 54.7 Å². The largest absolute Gasteiger partial charge is 0.354 e. The lowest BCUT2D eigenvalue weighted by Gasteiger charge is -2.27. The Morgan fingerprint density at radius 3 is 2.86 bits per heavy atom. The summed E-state index contributed by atoms with van der Waals surface area (Å²) in [7, 11) is 0. The summed E-state index contributed by atoms with van der Waals surface area (Å²) in [6.07, 6.45) is 4.02. The van der Waals surface area contributed by atoms with E-state index >= 15 is 0 Å². The monoisotopic (exact) mass is 397 g/mol. The van der Waals surface area contributed by atoms with Gasteiger partial charge in [-0.25, -0.2) is 4.79 Å². The van der Waals surface area contributed by atoms with Crippen LogP contribution < -0.4 is 10.6 Å². The zero-order valence-electron chi connectivity index (χ0n) is 15.6. The molecule has 2 aromatic rings. The zero-order valence-corrected chi connectivity index (χ0v) is 16.4. The molecule has 1 aromatic carbocycles. The first-order valence-corrected chi connectivity index (χ1v) is 10.5. The number of benzene rings is 1. The number of amides is 4. The molecule has 0 bridgehead atoms. The van der Waals surface area contributed by atoms with Gasteiger partial charge >= 0.3 is 6.03 Å². The van der Waals surface area contributed by atoms with Crippen LogP contribution in [0.1, 0.15) is 35.3 Å². The molecular formula is C21H23N3O3S. The standard InChI is InChI=1S/C21H23N3O3S/c25-18(22-12-10-16-8-5-13-28-16)14-24-19(26)21(23-20(24)27)11-4-3-7-15-6-1-2-9-17(15)21/h1-2,5-6,8-9,13H,3-4,7,10-12,14H2,(H,22,25)(H,23,27)/t21-/m0/s1. The molecule has 6 nitrogen and oxygen atoms in total. The van der Waals surface area contributed by atoms with Crippen molar-refractivity contribution in [2.75, 3.05) is 13.1 Å². The first kappa shape index (κ1) is 18.7. The van der Waals surface area contributed by atoms with Crippen LogP contribution in [0, 0.1) is 0 Å². The van der Waals surface area contributed by atoms with Crippen molar-refractivity contribution < 1.29 is 14.4 Å². The molecule has 1 aliphatic heterocycles. The van der Waals surface area contributed by atoms with Crippen molar-refractivity contribution in [1.82, 2.24) is 15.5 Å². The van der Waals surface area contributed by atoms with E-state index in [2.05, 4.69) is 10.6 Å². The number of imide groups is 1. The van der Waals surface area contributed by atoms with E-state index in [1.54, 1.807) is 11.3 Å². The van der Waals surface area contributed by atoms with Gasteiger partial charge in [0.15, 0.2) is 0 Å². The lowest BCUT2D eigenvalue weighted by atomic mass is 9.84. The number of carbonyl (C=O) groups excluding carboxylic acids is 3. The number of hydrogen-bond acceptors (Lipinski definition) is 4. The van der Waals surface area contributed by atoms with Crippen LogP contribution >= 0.6 is 11.3 Å². The van der Waals surface area contributed by atoms with Crippen LogP contribution in [0.5, 0.6) is 0 Å². The van der Waals surface area contributed by atoms with E-state index in [0.29, 0.717) is 13.0 Å². The quantitative estimate of drug-likeness (QED) is 0.761. The Balaban J connectivity index is 1.46. The number of hydrogen-bond donors (Lipinski definition) is 2. The van der Waals surface area contributed by atoms with Crippen LogP contribution in [0.25, 0.3) is 0 Å². The molecule has 1 saturated heterocycles. The van der Waals surface area contributed by atoms with Gasteiger partial charge in [-0.3, -0.25) is 14.5 Å². The molecule has 146 valence electrons. The minimum Gasteiger partial charge on any atom is -0.354 e. The topological polar surface area (TPSA) is 78.5 Å². The van der Waals surface area contributed by atoms with E-state index in [1.165, 1.54) is 4.88 Å². The normalized spacial score (nSPS) is 21.4. The fourth-order valence-corrected chi connectivity index (χ4v) is 4.81. The van der Waals surface area contributed by atoms with Crippen molar-refractivity contribution in [3.8, 4) is 0 Å². The molecule has 7 heteroatoms. The third kappa shape index (κ3) is 3.42. The van der Waals surface area contributed by atoms with Gasteiger partial charge in [0.25, 0.3) is 5.91 Å².